The van der Waals surface area contributed by atoms with Gasteiger partial charge in [0.05, 0.1) is 0 Å². The van der Waals surface area contributed by atoms with Crippen LogP contribution in [-0.2, 0) is 9.59 Å². The van der Waals surface area contributed by atoms with Crippen molar-refractivity contribution < 1.29 is 9.59 Å². The Morgan fingerprint density at radius 1 is 1.47 bits per heavy atom. The van der Waals surface area contributed by atoms with Gasteiger partial charge in [-0.05, 0) is 12.6 Å². The first-order valence-electron chi connectivity index (χ1n) is 5.57. The third kappa shape index (κ3) is 2.01. The lowest BCUT2D eigenvalue weighted by atomic mass is 10.1. The average molecular weight is 233 g/mol. The van der Waals surface area contributed by atoms with E-state index in [9.17, 15) is 9.59 Å². The fourth-order valence-corrected chi connectivity index (χ4v) is 2.11. The number of hydrogen-bond acceptors (Lipinski definition) is 3. The lowest BCUT2D eigenvalue weighted by molar-refractivity contribution is -0.123. The van der Waals surface area contributed by atoms with E-state index < -0.39 is 5.91 Å². The molecule has 1 aromatic carbocycles. The quantitative estimate of drug-likeness (QED) is 0.778. The molecule has 17 heavy (non-hydrogen) atoms. The molecule has 0 fully saturated rings. The van der Waals surface area contributed by atoms with Crippen molar-refractivity contribution in [2.45, 2.75) is 13.0 Å². The highest BCUT2D eigenvalue weighted by atomic mass is 16.2. The lowest BCUT2D eigenvalue weighted by Crippen LogP contribution is -2.39. The smallest absolute Gasteiger partial charge is 0.249 e. The SMILES string of the molecule is CCNC1C(=O)N(CC(N)=O)c2ccccc21. The van der Waals surface area contributed by atoms with Gasteiger partial charge in [-0.15, -0.1) is 0 Å². The van der Waals surface area contributed by atoms with Crippen molar-refractivity contribution in [1.82, 2.24) is 5.32 Å². The second kappa shape index (κ2) is 4.55. The fraction of sp³-hybridized carbons (Fsp3) is 0.333. The minimum atomic E-state index is -0.509. The number of benzene rings is 1. The van der Waals surface area contributed by atoms with Crippen LogP contribution in [0, 0.1) is 0 Å². The Hall–Kier alpha value is -1.88. The van der Waals surface area contributed by atoms with Gasteiger partial charge in [0.25, 0.3) is 0 Å². The molecule has 0 aliphatic carbocycles. The normalized spacial score (nSPS) is 18.3. The number of nitrogens with two attached hydrogens (primary N) is 1. The van der Waals surface area contributed by atoms with Gasteiger partial charge in [0.2, 0.25) is 11.8 Å². The summed E-state index contributed by atoms with van der Waals surface area (Å²) < 4.78 is 0. The predicted octanol–water partition coefficient (Wildman–Crippen LogP) is 0.169. The van der Waals surface area contributed by atoms with Crippen LogP contribution in [0.1, 0.15) is 18.5 Å². The number of nitrogens with zero attached hydrogens (tertiary/aromatic N) is 1. The van der Waals surface area contributed by atoms with Crippen LogP contribution in [0.25, 0.3) is 0 Å². The number of carbonyl (C=O) groups is 2. The Bertz CT molecular complexity index is 459. The molecule has 1 heterocycles. The zero-order valence-corrected chi connectivity index (χ0v) is 9.64. The van der Waals surface area contributed by atoms with Crippen LogP contribution in [0.3, 0.4) is 0 Å². The van der Waals surface area contributed by atoms with Gasteiger partial charge in [0.1, 0.15) is 12.6 Å². The van der Waals surface area contributed by atoms with Crippen LogP contribution in [0.4, 0.5) is 5.69 Å². The van der Waals surface area contributed by atoms with E-state index in [4.69, 9.17) is 5.73 Å². The second-order valence-corrected chi connectivity index (χ2v) is 3.94. The van der Waals surface area contributed by atoms with Gasteiger partial charge in [-0.25, -0.2) is 0 Å². The maximum absolute atomic E-state index is 12.1. The van der Waals surface area contributed by atoms with Crippen molar-refractivity contribution in [3.05, 3.63) is 29.8 Å². The molecule has 1 aliphatic rings. The van der Waals surface area contributed by atoms with E-state index in [-0.39, 0.29) is 18.5 Å². The minimum Gasteiger partial charge on any atom is -0.368 e. The van der Waals surface area contributed by atoms with Crippen molar-refractivity contribution in [1.29, 1.82) is 0 Å². The molecule has 90 valence electrons. The summed E-state index contributed by atoms with van der Waals surface area (Å²) in [6.45, 7) is 2.56. The largest absolute Gasteiger partial charge is 0.368 e. The van der Waals surface area contributed by atoms with E-state index in [2.05, 4.69) is 5.32 Å². The first kappa shape index (κ1) is 11.6. The van der Waals surface area contributed by atoms with Crippen LogP contribution in [0.15, 0.2) is 24.3 Å². The van der Waals surface area contributed by atoms with E-state index in [1.807, 2.05) is 31.2 Å². The van der Waals surface area contributed by atoms with E-state index in [0.29, 0.717) is 6.54 Å². The molecule has 0 saturated carbocycles. The number of rotatable bonds is 4. The molecule has 1 aliphatic heterocycles. The third-order valence-electron chi connectivity index (χ3n) is 2.77. The zero-order valence-electron chi connectivity index (χ0n) is 9.64. The number of carbonyl (C=O) groups excluding carboxylic acids is 2. The molecule has 1 unspecified atom stereocenters. The molecule has 2 rings (SSSR count). The van der Waals surface area contributed by atoms with E-state index in [1.165, 1.54) is 4.90 Å². The van der Waals surface area contributed by atoms with Gasteiger partial charge in [-0.2, -0.15) is 0 Å². The maximum atomic E-state index is 12.1. The highest BCUT2D eigenvalue weighted by Crippen LogP contribution is 2.35. The highest BCUT2D eigenvalue weighted by Gasteiger charge is 2.36. The molecule has 0 saturated heterocycles. The predicted molar refractivity (Wildman–Crippen MR) is 64.4 cm³/mol. The minimum absolute atomic E-state index is 0.0717. The molecule has 2 amide bonds. The molecular weight excluding hydrogens is 218 g/mol. The average Bonchev–Trinajstić information content (AvgIpc) is 2.55. The molecule has 0 bridgehead atoms. The van der Waals surface area contributed by atoms with Crippen molar-refractivity contribution in [2.75, 3.05) is 18.0 Å². The first-order chi connectivity index (χ1) is 8.15. The van der Waals surface area contributed by atoms with Crippen molar-refractivity contribution >= 4 is 17.5 Å². The van der Waals surface area contributed by atoms with Crippen LogP contribution in [0.2, 0.25) is 0 Å². The summed E-state index contributed by atoms with van der Waals surface area (Å²) in [7, 11) is 0. The summed E-state index contributed by atoms with van der Waals surface area (Å²) in [5.74, 6) is -0.628. The number of para-hydroxylation sites is 1. The van der Waals surface area contributed by atoms with E-state index in [1.54, 1.807) is 0 Å². The van der Waals surface area contributed by atoms with Gasteiger partial charge < -0.3 is 16.0 Å². The zero-order chi connectivity index (χ0) is 12.4. The van der Waals surface area contributed by atoms with Crippen LogP contribution in [0.5, 0.6) is 0 Å². The molecule has 1 atom stereocenters. The summed E-state index contributed by atoms with van der Waals surface area (Å²) in [5, 5.41) is 3.11. The van der Waals surface area contributed by atoms with Gasteiger partial charge in [0, 0.05) is 11.3 Å². The van der Waals surface area contributed by atoms with Crippen LogP contribution >= 0.6 is 0 Å². The Morgan fingerprint density at radius 2 is 2.18 bits per heavy atom. The van der Waals surface area contributed by atoms with E-state index in [0.717, 1.165) is 11.3 Å². The van der Waals surface area contributed by atoms with Crippen molar-refractivity contribution in [3.8, 4) is 0 Å². The van der Waals surface area contributed by atoms with Crippen LogP contribution in [-0.4, -0.2) is 24.9 Å². The third-order valence-corrected chi connectivity index (χ3v) is 2.77. The molecule has 0 spiro atoms. The molecule has 3 N–H and O–H groups in total. The first-order valence-corrected chi connectivity index (χ1v) is 5.57. The Labute approximate surface area is 99.6 Å². The van der Waals surface area contributed by atoms with Gasteiger partial charge >= 0.3 is 0 Å². The fourth-order valence-electron chi connectivity index (χ4n) is 2.11. The summed E-state index contributed by atoms with van der Waals surface area (Å²) in [4.78, 5) is 24.6. The standard InChI is InChI=1S/C12H15N3O2/c1-2-14-11-8-5-3-4-6-9(8)15(12(11)17)7-10(13)16/h3-6,11,14H,2,7H2,1H3,(H2,13,16). The number of amides is 2. The summed E-state index contributed by atoms with van der Waals surface area (Å²) >= 11 is 0. The van der Waals surface area contributed by atoms with Gasteiger partial charge in [0.15, 0.2) is 0 Å². The Morgan fingerprint density at radius 3 is 2.82 bits per heavy atom. The van der Waals surface area contributed by atoms with E-state index >= 15 is 0 Å². The molecule has 1 aromatic rings. The molecule has 5 nitrogen and oxygen atoms in total. The van der Waals surface area contributed by atoms with Crippen LogP contribution < -0.4 is 16.0 Å². The second-order valence-electron chi connectivity index (χ2n) is 3.94. The number of nitrogens with one attached hydrogen (secondary N) is 1. The number of fused-ring (bicyclic) bond motifs is 1. The lowest BCUT2D eigenvalue weighted by Gasteiger charge is -2.15. The summed E-state index contributed by atoms with van der Waals surface area (Å²) in [6, 6.07) is 7.07. The summed E-state index contributed by atoms with van der Waals surface area (Å²) in [6.07, 6.45) is 0. The molecule has 0 radical (unpaired) electrons. The number of likely N-dealkylation sites (N-methyl/N-ethyl adjacent to an activating group) is 1. The number of anilines is 1. The number of primary amides is 1. The highest BCUT2D eigenvalue weighted by molar-refractivity contribution is 6.07. The Balaban J connectivity index is 2.37. The Kier molecular flexibility index (Phi) is 3.10. The molecule has 5 heteroatoms. The van der Waals surface area contributed by atoms with Crippen molar-refractivity contribution in [2.24, 2.45) is 5.73 Å². The monoisotopic (exact) mass is 233 g/mol. The van der Waals surface area contributed by atoms with Gasteiger partial charge in [-0.3, -0.25) is 9.59 Å². The van der Waals surface area contributed by atoms with Gasteiger partial charge in [-0.1, -0.05) is 25.1 Å². The summed E-state index contributed by atoms with van der Waals surface area (Å²) in [5.41, 5.74) is 6.83. The van der Waals surface area contributed by atoms with Crippen molar-refractivity contribution in [3.63, 3.8) is 0 Å². The molecule has 0 aromatic heterocycles. The topological polar surface area (TPSA) is 75.4 Å². The molecular formula is C12H15N3O2. The maximum Gasteiger partial charge on any atom is 0.249 e. The number of hydrogen-bond donors (Lipinski definition) is 2.